The molecule has 9 nitrogen and oxygen atoms in total. The minimum atomic E-state index is -0.441. The highest BCUT2D eigenvalue weighted by atomic mass is 35.5. The van der Waals surface area contributed by atoms with Crippen molar-refractivity contribution in [2.75, 3.05) is 13.1 Å². The zero-order valence-electron chi connectivity index (χ0n) is 17.9. The second kappa shape index (κ2) is 8.73. The molecule has 0 bridgehead atoms. The third kappa shape index (κ3) is 3.96. The summed E-state index contributed by atoms with van der Waals surface area (Å²) < 4.78 is 4.25. The smallest absolute Gasteiger partial charge is 0.332 e. The standard InChI is InChI=1S/C21H24Cl2N6O3/c1-26-19-17(20(31)27(2)21(26)32)29(10-13-14(22)4-3-5-15(13)23)16(25-19)11-28-8-6-12(7-9-28)18(24)30/h3-5,12H,6-11H2,1-2H3,(H2,24,30)/p+1. The molecule has 4 rings (SSSR count). The molecule has 1 aromatic carbocycles. The number of hydrogen-bond donors (Lipinski definition) is 2. The molecule has 0 atom stereocenters. The van der Waals surface area contributed by atoms with E-state index in [0.29, 0.717) is 52.0 Å². The predicted octanol–water partition coefficient (Wildman–Crippen LogP) is 0.0690. The highest BCUT2D eigenvalue weighted by molar-refractivity contribution is 6.36. The number of aromatic nitrogens is 4. The molecule has 1 amide bonds. The lowest BCUT2D eigenvalue weighted by atomic mass is 9.96. The summed E-state index contributed by atoms with van der Waals surface area (Å²) >= 11 is 12.8. The number of halogens is 2. The number of primary amides is 1. The quantitative estimate of drug-likeness (QED) is 0.539. The molecular weight excluding hydrogens is 455 g/mol. The number of amides is 1. The van der Waals surface area contributed by atoms with Crippen molar-refractivity contribution in [3.8, 4) is 0 Å². The van der Waals surface area contributed by atoms with Crippen LogP contribution in [0.25, 0.3) is 11.2 Å². The first-order chi connectivity index (χ1) is 15.2. The second-order valence-corrected chi connectivity index (χ2v) is 9.11. The lowest BCUT2D eigenvalue weighted by Crippen LogP contribution is -3.12. The fourth-order valence-corrected chi connectivity index (χ4v) is 4.87. The van der Waals surface area contributed by atoms with Gasteiger partial charge in [-0.1, -0.05) is 29.3 Å². The number of nitrogens with two attached hydrogens (primary N) is 1. The Morgan fingerprint density at radius 1 is 1.16 bits per heavy atom. The lowest BCUT2D eigenvalue weighted by Gasteiger charge is -2.27. The Kier molecular flexibility index (Phi) is 6.15. The van der Waals surface area contributed by atoms with Crippen LogP contribution in [0.15, 0.2) is 27.8 Å². The summed E-state index contributed by atoms with van der Waals surface area (Å²) in [7, 11) is 3.04. The molecule has 0 aliphatic carbocycles. The number of quaternary nitrogens is 1. The number of benzene rings is 1. The number of rotatable bonds is 5. The van der Waals surface area contributed by atoms with Crippen LogP contribution in [-0.4, -0.2) is 37.7 Å². The van der Waals surface area contributed by atoms with Gasteiger partial charge in [0.2, 0.25) is 5.91 Å². The van der Waals surface area contributed by atoms with Gasteiger partial charge in [0.25, 0.3) is 5.56 Å². The van der Waals surface area contributed by atoms with Crippen molar-refractivity contribution in [1.29, 1.82) is 0 Å². The molecule has 1 saturated heterocycles. The van der Waals surface area contributed by atoms with Gasteiger partial charge < -0.3 is 15.2 Å². The van der Waals surface area contributed by atoms with Gasteiger partial charge in [0, 0.05) is 48.5 Å². The molecular formula is C21H25Cl2N6O3+. The van der Waals surface area contributed by atoms with Gasteiger partial charge in [-0.2, -0.15) is 0 Å². The number of hydrogen-bond acceptors (Lipinski definition) is 4. The van der Waals surface area contributed by atoms with E-state index >= 15 is 0 Å². The molecule has 1 fully saturated rings. The van der Waals surface area contributed by atoms with Crippen molar-refractivity contribution in [2.45, 2.75) is 25.9 Å². The SMILES string of the molecule is Cn1c(=O)c2c(nc(C[NH+]3CCC(C(N)=O)CC3)n2Cc2c(Cl)cccc2Cl)n(C)c1=O. The van der Waals surface area contributed by atoms with Crippen molar-refractivity contribution < 1.29 is 9.69 Å². The van der Waals surface area contributed by atoms with E-state index in [2.05, 4.69) is 0 Å². The number of aryl methyl sites for hydroxylation is 1. The van der Waals surface area contributed by atoms with Gasteiger partial charge in [-0.15, -0.1) is 0 Å². The Bertz CT molecular complexity index is 1300. The van der Waals surface area contributed by atoms with Gasteiger partial charge in [-0.25, -0.2) is 9.78 Å². The number of nitrogens with zero attached hydrogens (tertiary/aromatic N) is 4. The molecule has 0 unspecified atom stereocenters. The topological polar surface area (TPSA) is 109 Å². The van der Waals surface area contributed by atoms with Crippen molar-refractivity contribution >= 4 is 40.3 Å². The van der Waals surface area contributed by atoms with Crippen LogP contribution in [0.4, 0.5) is 0 Å². The van der Waals surface area contributed by atoms with E-state index in [0.717, 1.165) is 17.7 Å². The van der Waals surface area contributed by atoms with Crippen molar-refractivity contribution in [3.05, 3.63) is 60.5 Å². The number of fused-ring (bicyclic) bond motifs is 1. The van der Waals surface area contributed by atoms with E-state index in [-0.39, 0.29) is 18.4 Å². The number of carbonyl (C=O) groups is 1. The normalized spacial score (nSPS) is 18.9. The molecule has 0 radical (unpaired) electrons. The van der Waals surface area contributed by atoms with E-state index in [1.54, 1.807) is 29.8 Å². The zero-order chi connectivity index (χ0) is 23.2. The summed E-state index contributed by atoms with van der Waals surface area (Å²) in [5.41, 5.74) is 5.92. The number of imidazole rings is 1. The number of piperidine rings is 1. The maximum Gasteiger partial charge on any atom is 0.332 e. The van der Waals surface area contributed by atoms with E-state index < -0.39 is 11.2 Å². The highest BCUT2D eigenvalue weighted by Crippen LogP contribution is 2.26. The first-order valence-electron chi connectivity index (χ1n) is 10.4. The Morgan fingerprint density at radius 2 is 1.78 bits per heavy atom. The summed E-state index contributed by atoms with van der Waals surface area (Å²) in [6.07, 6.45) is 1.42. The van der Waals surface area contributed by atoms with E-state index in [1.165, 1.54) is 16.5 Å². The third-order valence-corrected chi connectivity index (χ3v) is 7.02. The molecule has 3 N–H and O–H groups in total. The first kappa shape index (κ1) is 22.6. The Morgan fingerprint density at radius 3 is 2.38 bits per heavy atom. The van der Waals surface area contributed by atoms with Gasteiger partial charge >= 0.3 is 5.69 Å². The molecule has 1 aliphatic rings. The predicted molar refractivity (Wildman–Crippen MR) is 122 cm³/mol. The van der Waals surface area contributed by atoms with E-state index in [1.807, 2.05) is 0 Å². The van der Waals surface area contributed by atoms with Gasteiger partial charge in [0.05, 0.1) is 19.6 Å². The fraction of sp³-hybridized carbons (Fsp3) is 0.429. The molecule has 170 valence electrons. The molecule has 1 aliphatic heterocycles. The van der Waals surface area contributed by atoms with Crippen LogP contribution < -0.4 is 21.9 Å². The summed E-state index contributed by atoms with van der Waals surface area (Å²) in [6, 6.07) is 5.25. The Balaban J connectivity index is 1.81. The summed E-state index contributed by atoms with van der Waals surface area (Å²) in [6.45, 7) is 2.30. The minimum absolute atomic E-state index is 0.104. The van der Waals surface area contributed by atoms with Crippen LogP contribution in [0.3, 0.4) is 0 Å². The monoisotopic (exact) mass is 479 g/mol. The van der Waals surface area contributed by atoms with Crippen molar-refractivity contribution in [2.24, 2.45) is 25.7 Å². The van der Waals surface area contributed by atoms with Gasteiger partial charge in [0.15, 0.2) is 17.0 Å². The molecule has 32 heavy (non-hydrogen) atoms. The lowest BCUT2D eigenvalue weighted by molar-refractivity contribution is -0.920. The zero-order valence-corrected chi connectivity index (χ0v) is 19.4. The second-order valence-electron chi connectivity index (χ2n) is 8.30. The maximum absolute atomic E-state index is 13.1. The minimum Gasteiger partial charge on any atom is -0.369 e. The molecule has 11 heteroatoms. The Labute approximate surface area is 194 Å². The average Bonchev–Trinajstić information content (AvgIpc) is 3.11. The molecule has 0 spiro atoms. The van der Waals surface area contributed by atoms with E-state index in [4.69, 9.17) is 33.9 Å². The summed E-state index contributed by atoms with van der Waals surface area (Å²) in [5, 5.41) is 0.975. The first-order valence-corrected chi connectivity index (χ1v) is 11.2. The largest absolute Gasteiger partial charge is 0.369 e. The van der Waals surface area contributed by atoms with Crippen molar-refractivity contribution in [3.63, 3.8) is 0 Å². The van der Waals surface area contributed by atoms with Crippen LogP contribution in [0.2, 0.25) is 10.0 Å². The Hall–Kier alpha value is -2.62. The number of carbonyl (C=O) groups excluding carboxylic acids is 1. The van der Waals surface area contributed by atoms with Crippen LogP contribution in [0, 0.1) is 5.92 Å². The van der Waals surface area contributed by atoms with Gasteiger partial charge in [-0.3, -0.25) is 18.7 Å². The maximum atomic E-state index is 13.1. The number of likely N-dealkylation sites (tertiary alicyclic amines) is 1. The summed E-state index contributed by atoms with van der Waals surface area (Å²) in [5.74, 6) is 0.289. The molecule has 2 aromatic heterocycles. The molecule has 0 saturated carbocycles. The van der Waals surface area contributed by atoms with Crippen molar-refractivity contribution in [1.82, 2.24) is 18.7 Å². The fourth-order valence-electron chi connectivity index (χ4n) is 4.35. The van der Waals surface area contributed by atoms with Gasteiger partial charge in [0.1, 0.15) is 6.54 Å². The average molecular weight is 480 g/mol. The van der Waals surface area contributed by atoms with E-state index in [9.17, 15) is 14.4 Å². The molecule has 3 heterocycles. The number of nitrogens with one attached hydrogen (secondary N) is 1. The van der Waals surface area contributed by atoms with Crippen LogP contribution in [-0.2, 0) is 32.0 Å². The summed E-state index contributed by atoms with van der Waals surface area (Å²) in [4.78, 5) is 43.0. The van der Waals surface area contributed by atoms with Crippen LogP contribution >= 0.6 is 23.2 Å². The van der Waals surface area contributed by atoms with Gasteiger partial charge in [-0.05, 0) is 12.1 Å². The third-order valence-electron chi connectivity index (χ3n) is 6.31. The molecule has 3 aromatic rings. The van der Waals surface area contributed by atoms with Crippen LogP contribution in [0.5, 0.6) is 0 Å². The van der Waals surface area contributed by atoms with Crippen LogP contribution in [0.1, 0.15) is 24.2 Å². The highest BCUT2D eigenvalue weighted by Gasteiger charge is 2.28.